The lowest BCUT2D eigenvalue weighted by molar-refractivity contribution is -0.274. The number of carbonyl (C=O) groups excluding carboxylic acids is 1. The van der Waals surface area contributed by atoms with Crippen LogP contribution >= 0.6 is 11.3 Å². The van der Waals surface area contributed by atoms with Crippen LogP contribution in [0.5, 0.6) is 11.5 Å². The molecular weight excluding hydrogens is 478 g/mol. The van der Waals surface area contributed by atoms with Gasteiger partial charge in [0.15, 0.2) is 0 Å². The van der Waals surface area contributed by atoms with Crippen molar-refractivity contribution >= 4 is 23.1 Å². The number of aliphatic hydroxyl groups excluding tert-OH is 1. The number of aromatic nitrogens is 1. The summed E-state index contributed by atoms with van der Waals surface area (Å²) < 4.78 is 59.4. The van der Waals surface area contributed by atoms with E-state index in [1.54, 1.807) is 23.6 Å². The van der Waals surface area contributed by atoms with Gasteiger partial charge in [0, 0.05) is 11.9 Å². The Kier molecular flexibility index (Phi) is 8.55. The molecule has 1 aromatic heterocycles. The Hall–Kier alpha value is -3.51. The molecule has 0 spiro atoms. The van der Waals surface area contributed by atoms with Gasteiger partial charge in [-0.05, 0) is 42.3 Å². The van der Waals surface area contributed by atoms with E-state index < -0.39 is 24.6 Å². The van der Waals surface area contributed by atoms with Crippen LogP contribution in [0.25, 0.3) is 0 Å². The Morgan fingerprint density at radius 3 is 2.50 bits per heavy atom. The molecule has 7 nitrogen and oxygen atoms in total. The molecule has 180 valence electrons. The van der Waals surface area contributed by atoms with Gasteiger partial charge < -0.3 is 19.9 Å². The molecule has 0 atom stereocenters. The molecule has 0 aliphatic rings. The lowest BCUT2D eigenvalue weighted by Crippen LogP contribution is -2.26. The molecule has 1 heterocycles. The third-order valence-electron chi connectivity index (χ3n) is 4.24. The number of rotatable bonds is 9. The van der Waals surface area contributed by atoms with Crippen LogP contribution in [0.4, 0.5) is 17.6 Å². The Balaban J connectivity index is 1.51. The number of hydrogen-bond donors (Lipinski definition) is 2. The number of thiazole rings is 1. The second kappa shape index (κ2) is 11.6. The molecule has 3 aromatic rings. The van der Waals surface area contributed by atoms with Crippen molar-refractivity contribution in [3.8, 4) is 11.5 Å². The van der Waals surface area contributed by atoms with Crippen molar-refractivity contribution < 1.29 is 36.9 Å². The second-order valence-corrected chi connectivity index (χ2v) is 7.66. The summed E-state index contributed by atoms with van der Waals surface area (Å²) in [4.78, 5) is 20.5. The highest BCUT2D eigenvalue weighted by Crippen LogP contribution is 2.25. The Morgan fingerprint density at radius 1 is 1.12 bits per heavy atom. The van der Waals surface area contributed by atoms with Gasteiger partial charge in [-0.1, -0.05) is 18.2 Å². The van der Waals surface area contributed by atoms with Crippen molar-refractivity contribution in [2.45, 2.75) is 19.3 Å². The van der Waals surface area contributed by atoms with E-state index in [2.05, 4.69) is 20.0 Å². The number of amides is 1. The smallest absolute Gasteiger partial charge is 0.441 e. The van der Waals surface area contributed by atoms with E-state index in [4.69, 9.17) is 4.74 Å². The van der Waals surface area contributed by atoms with Crippen LogP contribution in [0.3, 0.4) is 0 Å². The van der Waals surface area contributed by atoms with Gasteiger partial charge in [-0.2, -0.15) is 0 Å². The number of aliphatic imine (C=N–C) groups is 1. The summed E-state index contributed by atoms with van der Waals surface area (Å²) >= 11 is 1.18. The highest BCUT2D eigenvalue weighted by molar-refractivity contribution is 7.09. The summed E-state index contributed by atoms with van der Waals surface area (Å²) in [7, 11) is 0. The van der Waals surface area contributed by atoms with Gasteiger partial charge in [0.1, 0.15) is 34.6 Å². The van der Waals surface area contributed by atoms with Gasteiger partial charge in [-0.3, -0.25) is 4.79 Å². The normalized spacial score (nSPS) is 11.9. The zero-order valence-corrected chi connectivity index (χ0v) is 18.3. The molecule has 0 fully saturated rings. The SMILES string of the molecule is O=C(NCCc1ccccc1F)c1csc(CN=C(CO)Oc2ccc(OC(F)(F)F)cc2)n1. The molecule has 2 N–H and O–H groups in total. The predicted octanol–water partition coefficient (Wildman–Crippen LogP) is 4.12. The molecule has 0 saturated carbocycles. The van der Waals surface area contributed by atoms with Crippen molar-refractivity contribution in [1.29, 1.82) is 0 Å². The van der Waals surface area contributed by atoms with E-state index in [0.29, 0.717) is 17.0 Å². The van der Waals surface area contributed by atoms with Crippen LogP contribution in [-0.4, -0.2) is 41.4 Å². The summed E-state index contributed by atoms with van der Waals surface area (Å²) in [5.74, 6) is -1.10. The minimum Gasteiger partial charge on any atom is -0.441 e. The summed E-state index contributed by atoms with van der Waals surface area (Å²) in [5, 5.41) is 14.1. The summed E-state index contributed by atoms with van der Waals surface area (Å²) in [6, 6.07) is 10.9. The van der Waals surface area contributed by atoms with E-state index >= 15 is 0 Å². The Bertz CT molecular complexity index is 1130. The number of nitrogens with one attached hydrogen (secondary N) is 1. The lowest BCUT2D eigenvalue weighted by atomic mass is 10.1. The molecule has 0 saturated heterocycles. The van der Waals surface area contributed by atoms with Crippen molar-refractivity contribution in [2.24, 2.45) is 4.99 Å². The number of alkyl halides is 3. The fraction of sp³-hybridized carbons (Fsp3) is 0.227. The summed E-state index contributed by atoms with van der Waals surface area (Å²) in [6.45, 7) is -0.312. The average Bonchev–Trinajstić information content (AvgIpc) is 3.27. The topological polar surface area (TPSA) is 93.0 Å². The Labute approximate surface area is 195 Å². The van der Waals surface area contributed by atoms with E-state index in [1.165, 1.54) is 29.5 Å². The number of benzene rings is 2. The molecular formula is C22H19F4N3O4S. The monoisotopic (exact) mass is 497 g/mol. The van der Waals surface area contributed by atoms with Crippen LogP contribution in [0.15, 0.2) is 58.9 Å². The maximum absolute atomic E-state index is 13.6. The average molecular weight is 497 g/mol. The van der Waals surface area contributed by atoms with E-state index in [-0.39, 0.29) is 36.2 Å². The van der Waals surface area contributed by atoms with E-state index in [0.717, 1.165) is 12.1 Å². The minimum atomic E-state index is -4.80. The lowest BCUT2D eigenvalue weighted by Gasteiger charge is -2.10. The predicted molar refractivity (Wildman–Crippen MR) is 117 cm³/mol. The molecule has 0 bridgehead atoms. The van der Waals surface area contributed by atoms with Gasteiger partial charge in [-0.25, -0.2) is 14.4 Å². The standard InChI is InChI=1S/C22H19F4N3O4S/c23-17-4-2-1-3-14(17)9-10-27-21(31)18-13-34-20(29-18)11-28-19(12-30)32-15-5-7-16(8-6-15)33-22(24,25)26/h1-8,13,30H,9-12H2,(H,27,31). The minimum absolute atomic E-state index is 0.0122. The molecule has 0 aliphatic heterocycles. The van der Waals surface area contributed by atoms with E-state index in [9.17, 15) is 27.5 Å². The van der Waals surface area contributed by atoms with Crippen molar-refractivity contribution in [2.75, 3.05) is 13.2 Å². The first kappa shape index (κ1) is 25.1. The van der Waals surface area contributed by atoms with Crippen LogP contribution in [0, 0.1) is 5.82 Å². The number of hydrogen-bond acceptors (Lipinski definition) is 7. The third-order valence-corrected chi connectivity index (χ3v) is 5.07. The quantitative estimate of drug-likeness (QED) is 0.264. The number of nitrogens with zero attached hydrogens (tertiary/aromatic N) is 2. The van der Waals surface area contributed by atoms with Crippen LogP contribution in [0.2, 0.25) is 0 Å². The third kappa shape index (κ3) is 7.81. The van der Waals surface area contributed by atoms with E-state index in [1.807, 2.05) is 0 Å². The first-order chi connectivity index (χ1) is 16.2. The fourth-order valence-corrected chi connectivity index (χ4v) is 3.40. The first-order valence-electron chi connectivity index (χ1n) is 9.87. The first-order valence-corrected chi connectivity index (χ1v) is 10.8. The summed E-state index contributed by atoms with van der Waals surface area (Å²) in [5.41, 5.74) is 0.672. The molecule has 0 aliphatic carbocycles. The van der Waals surface area contributed by atoms with Crippen LogP contribution in [0.1, 0.15) is 21.1 Å². The molecule has 0 radical (unpaired) electrons. The number of aliphatic hydroxyl groups is 1. The Morgan fingerprint density at radius 2 is 1.82 bits per heavy atom. The van der Waals surface area contributed by atoms with Gasteiger partial charge in [0.2, 0.25) is 5.90 Å². The highest BCUT2D eigenvalue weighted by Gasteiger charge is 2.31. The summed E-state index contributed by atoms with van der Waals surface area (Å²) in [6.07, 6.45) is -4.47. The number of ether oxygens (including phenoxy) is 2. The molecule has 1 amide bonds. The van der Waals surface area contributed by atoms with Crippen LogP contribution < -0.4 is 14.8 Å². The maximum atomic E-state index is 13.6. The van der Waals surface area contributed by atoms with Crippen molar-refractivity contribution in [3.05, 3.63) is 76.0 Å². The largest absolute Gasteiger partial charge is 0.573 e. The van der Waals surface area contributed by atoms with Gasteiger partial charge >= 0.3 is 6.36 Å². The maximum Gasteiger partial charge on any atom is 0.573 e. The van der Waals surface area contributed by atoms with Gasteiger partial charge in [-0.15, -0.1) is 24.5 Å². The van der Waals surface area contributed by atoms with Crippen molar-refractivity contribution in [1.82, 2.24) is 10.3 Å². The fourth-order valence-electron chi connectivity index (χ4n) is 2.71. The molecule has 12 heteroatoms. The zero-order valence-electron chi connectivity index (χ0n) is 17.5. The van der Waals surface area contributed by atoms with Gasteiger partial charge in [0.05, 0.1) is 6.54 Å². The molecule has 34 heavy (non-hydrogen) atoms. The van der Waals surface area contributed by atoms with Crippen molar-refractivity contribution in [3.63, 3.8) is 0 Å². The molecule has 0 unspecified atom stereocenters. The van der Waals surface area contributed by atoms with Crippen LogP contribution in [-0.2, 0) is 13.0 Å². The molecule has 3 rings (SSSR count). The number of carbonyl (C=O) groups is 1. The number of halogens is 4. The molecule has 2 aromatic carbocycles. The van der Waals surface area contributed by atoms with Gasteiger partial charge in [0.25, 0.3) is 5.91 Å². The zero-order chi connectivity index (χ0) is 24.6. The highest BCUT2D eigenvalue weighted by atomic mass is 32.1. The second-order valence-electron chi connectivity index (χ2n) is 6.71.